The lowest BCUT2D eigenvalue weighted by Crippen LogP contribution is -2.51. The van der Waals surface area contributed by atoms with Gasteiger partial charge in [-0.2, -0.15) is 15.0 Å². The number of rotatable bonds is 7. The Labute approximate surface area is 284 Å². The van der Waals surface area contributed by atoms with Gasteiger partial charge in [0.25, 0.3) is 5.91 Å². The van der Waals surface area contributed by atoms with E-state index in [0.29, 0.717) is 38.5 Å². The van der Waals surface area contributed by atoms with Crippen LogP contribution in [-0.4, -0.2) is 97.2 Å². The molecule has 0 fully saturated rings. The van der Waals surface area contributed by atoms with Gasteiger partial charge in [0.05, 0.1) is 32.5 Å². The quantitative estimate of drug-likeness (QED) is 0.210. The molecule has 3 heterocycles. The Kier molecular flexibility index (Phi) is 13.3. The standard InChI is InChI=1S/C33H42N8O8/c1-5-47-33-39-31-35-19-21-10-13-23(14-11-21)48-16-8-6-7-9-17-49-26-18-22(36-32(38-31)40-33)12-15-24(26)27(42)37-25(30(45)46-4)20-34-28(43)29(44)41(2)3/h10-15,18,25H,5-9,16-17,19-20H2,1-4H3,(H,34,43)(H,37,42)(H2,35,36,38,39,40)/t25-/m0/s1. The van der Waals surface area contributed by atoms with Crippen molar-refractivity contribution in [1.29, 1.82) is 0 Å². The van der Waals surface area contributed by atoms with Gasteiger partial charge in [0.2, 0.25) is 11.9 Å². The van der Waals surface area contributed by atoms with Crippen molar-refractivity contribution < 1.29 is 38.1 Å². The summed E-state index contributed by atoms with van der Waals surface area (Å²) in [6.45, 7) is 3.12. The van der Waals surface area contributed by atoms with Gasteiger partial charge >= 0.3 is 23.8 Å². The predicted octanol–water partition coefficient (Wildman–Crippen LogP) is 2.43. The molecule has 2 aliphatic rings. The molecule has 3 aromatic rings. The van der Waals surface area contributed by atoms with E-state index in [1.807, 2.05) is 31.2 Å². The third-order valence-electron chi connectivity index (χ3n) is 7.17. The summed E-state index contributed by atoms with van der Waals surface area (Å²) in [4.78, 5) is 64.4. The summed E-state index contributed by atoms with van der Waals surface area (Å²) in [6.07, 6.45) is 3.37. The number of likely N-dealkylation sites (N-methyl/N-ethyl adjacent to an activating group) is 1. The molecule has 16 heteroatoms. The Morgan fingerprint density at radius 1 is 0.939 bits per heavy atom. The Morgan fingerprint density at radius 2 is 1.65 bits per heavy atom. The van der Waals surface area contributed by atoms with Crippen molar-refractivity contribution in [2.45, 2.75) is 45.2 Å². The normalized spacial score (nSPS) is 13.8. The highest BCUT2D eigenvalue weighted by molar-refractivity contribution is 6.34. The summed E-state index contributed by atoms with van der Waals surface area (Å²) < 4.78 is 22.4. The van der Waals surface area contributed by atoms with Crippen molar-refractivity contribution in [2.75, 3.05) is 58.2 Å². The van der Waals surface area contributed by atoms with Crippen molar-refractivity contribution in [1.82, 2.24) is 30.5 Å². The van der Waals surface area contributed by atoms with E-state index in [1.165, 1.54) is 20.2 Å². The summed E-state index contributed by atoms with van der Waals surface area (Å²) in [5.74, 6) is -1.74. The molecule has 1 atom stereocenters. The average molecular weight is 679 g/mol. The molecule has 0 saturated carbocycles. The van der Waals surface area contributed by atoms with Gasteiger partial charge in [-0.25, -0.2) is 4.79 Å². The largest absolute Gasteiger partial charge is 0.494 e. The second-order valence-corrected chi connectivity index (χ2v) is 11.1. The number of methoxy groups -OCH3 is 1. The molecule has 3 amide bonds. The van der Waals surface area contributed by atoms with Crippen molar-refractivity contribution in [3.63, 3.8) is 0 Å². The second-order valence-electron chi connectivity index (χ2n) is 11.1. The van der Waals surface area contributed by atoms with Crippen LogP contribution in [0.4, 0.5) is 17.6 Å². The summed E-state index contributed by atoms with van der Waals surface area (Å²) in [5, 5.41) is 11.3. The molecular formula is C33H42N8O8. The van der Waals surface area contributed by atoms with Crippen LogP contribution in [0.3, 0.4) is 0 Å². The van der Waals surface area contributed by atoms with E-state index in [4.69, 9.17) is 18.9 Å². The number of carbonyl (C=O) groups is 4. The van der Waals surface area contributed by atoms with E-state index in [-0.39, 0.29) is 35.8 Å². The van der Waals surface area contributed by atoms with Gasteiger partial charge in [-0.1, -0.05) is 12.1 Å². The maximum atomic E-state index is 13.5. The molecule has 0 aliphatic carbocycles. The Bertz CT molecular complexity index is 1600. The van der Waals surface area contributed by atoms with Crippen molar-refractivity contribution in [3.8, 4) is 17.5 Å². The van der Waals surface area contributed by atoms with Crippen LogP contribution in [0, 0.1) is 0 Å². The minimum atomic E-state index is -1.29. The third-order valence-corrected chi connectivity index (χ3v) is 7.17. The molecule has 0 radical (unpaired) electrons. The Morgan fingerprint density at radius 3 is 2.35 bits per heavy atom. The molecule has 6 bridgehead atoms. The lowest BCUT2D eigenvalue weighted by molar-refractivity contribution is -0.145. The fourth-order valence-electron chi connectivity index (χ4n) is 4.58. The van der Waals surface area contributed by atoms with E-state index < -0.39 is 29.7 Å². The van der Waals surface area contributed by atoms with Gasteiger partial charge < -0.3 is 45.1 Å². The predicted molar refractivity (Wildman–Crippen MR) is 179 cm³/mol. The van der Waals surface area contributed by atoms with Gasteiger partial charge in [-0.05, 0) is 62.4 Å². The minimum absolute atomic E-state index is 0.116. The van der Waals surface area contributed by atoms with Gasteiger partial charge in [0.1, 0.15) is 17.5 Å². The van der Waals surface area contributed by atoms with Gasteiger partial charge in [0, 0.05) is 38.9 Å². The summed E-state index contributed by atoms with van der Waals surface area (Å²) >= 11 is 0. The fraction of sp³-hybridized carbons (Fsp3) is 0.424. The first-order valence-electron chi connectivity index (χ1n) is 15.9. The van der Waals surface area contributed by atoms with Crippen molar-refractivity contribution in [3.05, 3.63) is 53.6 Å². The first kappa shape index (κ1) is 36.2. The van der Waals surface area contributed by atoms with Crippen LogP contribution in [0.15, 0.2) is 42.5 Å². The van der Waals surface area contributed by atoms with Crippen LogP contribution < -0.4 is 35.5 Å². The van der Waals surface area contributed by atoms with E-state index in [1.54, 1.807) is 12.1 Å². The number of aromatic nitrogens is 3. The van der Waals surface area contributed by atoms with Gasteiger partial charge in [0.15, 0.2) is 0 Å². The number of carbonyl (C=O) groups excluding carboxylic acids is 4. The zero-order valence-corrected chi connectivity index (χ0v) is 28.0. The molecule has 2 aromatic carbocycles. The van der Waals surface area contributed by atoms with Crippen LogP contribution in [0.2, 0.25) is 0 Å². The number of nitrogens with zero attached hydrogens (tertiary/aromatic N) is 4. The average Bonchev–Trinajstić information content (AvgIpc) is 3.09. The molecule has 1 aromatic heterocycles. The van der Waals surface area contributed by atoms with Crippen LogP contribution >= 0.6 is 0 Å². The number of anilines is 3. The van der Waals surface area contributed by atoms with Gasteiger partial charge in [-0.3, -0.25) is 14.4 Å². The highest BCUT2D eigenvalue weighted by Crippen LogP contribution is 2.27. The van der Waals surface area contributed by atoms with Crippen molar-refractivity contribution >= 4 is 41.3 Å². The SMILES string of the molecule is CCOc1nc2nc(n1)Nc1ccc(C(=O)N[C@@H](CNC(=O)C(=O)N(C)C)C(=O)OC)c(c1)OCCCCCCOc1ccc(cc1)CN2. The molecule has 5 rings (SSSR count). The summed E-state index contributed by atoms with van der Waals surface area (Å²) in [6, 6.07) is 11.4. The zero-order chi connectivity index (χ0) is 35.2. The number of benzene rings is 2. The zero-order valence-electron chi connectivity index (χ0n) is 28.0. The lowest BCUT2D eigenvalue weighted by Gasteiger charge is -2.19. The molecule has 0 unspecified atom stereocenters. The number of nitrogens with one attached hydrogen (secondary N) is 4. The molecule has 2 aliphatic heterocycles. The molecule has 16 nitrogen and oxygen atoms in total. The molecule has 49 heavy (non-hydrogen) atoms. The number of hydrogen-bond acceptors (Lipinski definition) is 13. The van der Waals surface area contributed by atoms with Crippen LogP contribution in [0.1, 0.15) is 48.5 Å². The topological polar surface area (TPSA) is 195 Å². The van der Waals surface area contributed by atoms with E-state index in [0.717, 1.165) is 42.6 Å². The van der Waals surface area contributed by atoms with Crippen LogP contribution in [0.25, 0.3) is 0 Å². The maximum absolute atomic E-state index is 13.5. The first-order valence-corrected chi connectivity index (χ1v) is 15.9. The third kappa shape index (κ3) is 10.9. The number of fused-ring (bicyclic) bond motifs is 10. The highest BCUT2D eigenvalue weighted by atomic mass is 16.5. The molecule has 262 valence electrons. The summed E-state index contributed by atoms with van der Waals surface area (Å²) in [7, 11) is 3.99. The first-order chi connectivity index (χ1) is 23.7. The smallest absolute Gasteiger partial charge is 0.330 e. The second kappa shape index (κ2) is 18.0. The Balaban J connectivity index is 1.58. The van der Waals surface area contributed by atoms with E-state index in [2.05, 4.69) is 36.2 Å². The van der Waals surface area contributed by atoms with Crippen LogP contribution in [0.5, 0.6) is 17.5 Å². The molecule has 4 N–H and O–H groups in total. The number of esters is 1. The summed E-state index contributed by atoms with van der Waals surface area (Å²) in [5.41, 5.74) is 1.63. The van der Waals surface area contributed by atoms with E-state index in [9.17, 15) is 19.2 Å². The Hall–Kier alpha value is -5.67. The lowest BCUT2D eigenvalue weighted by atomic mass is 10.1. The van der Waals surface area contributed by atoms with E-state index >= 15 is 0 Å². The molecule has 0 saturated heterocycles. The van der Waals surface area contributed by atoms with Crippen molar-refractivity contribution in [2.24, 2.45) is 0 Å². The number of ether oxygens (including phenoxy) is 4. The molecule has 0 spiro atoms. The number of hydrogen-bond donors (Lipinski definition) is 4. The molecular weight excluding hydrogens is 636 g/mol. The number of amides is 3. The maximum Gasteiger partial charge on any atom is 0.330 e. The van der Waals surface area contributed by atoms with Gasteiger partial charge in [-0.15, -0.1) is 0 Å². The minimum Gasteiger partial charge on any atom is -0.494 e. The monoisotopic (exact) mass is 678 g/mol. The van der Waals surface area contributed by atoms with Crippen LogP contribution in [-0.2, 0) is 25.7 Å². The highest BCUT2D eigenvalue weighted by Gasteiger charge is 2.26. The fourth-order valence-corrected chi connectivity index (χ4v) is 4.58.